The first-order chi connectivity index (χ1) is 6.84. The number of nitrogens with one attached hydrogen (secondary N) is 1. The lowest BCUT2D eigenvalue weighted by atomic mass is 9.94. The van der Waals surface area contributed by atoms with Gasteiger partial charge in [-0.25, -0.2) is 0 Å². The molecule has 0 amide bonds. The van der Waals surface area contributed by atoms with E-state index in [4.69, 9.17) is 0 Å². The Morgan fingerprint density at radius 1 is 0.929 bits per heavy atom. The second kappa shape index (κ2) is 3.49. The zero-order valence-electron chi connectivity index (χ0n) is 8.78. The lowest BCUT2D eigenvalue weighted by Gasteiger charge is -2.27. The molecule has 0 spiro atoms. The minimum Gasteiger partial charge on any atom is -0.392 e. The van der Waals surface area contributed by atoms with Gasteiger partial charge in [0.25, 0.3) is 0 Å². The first kappa shape index (κ1) is 9.17. The molecule has 3 rings (SSSR count). The highest BCUT2D eigenvalue weighted by molar-refractivity contribution is 5.00. The van der Waals surface area contributed by atoms with Gasteiger partial charge in [-0.1, -0.05) is 12.8 Å². The molecule has 80 valence electrons. The van der Waals surface area contributed by atoms with Gasteiger partial charge in [0.15, 0.2) is 0 Å². The first-order valence-electron chi connectivity index (χ1n) is 6.29. The van der Waals surface area contributed by atoms with E-state index in [0.29, 0.717) is 6.04 Å². The lowest BCUT2D eigenvalue weighted by molar-refractivity contribution is 0.136. The van der Waals surface area contributed by atoms with Crippen LogP contribution in [0.3, 0.4) is 0 Å². The Balaban J connectivity index is 1.56. The fourth-order valence-electron chi connectivity index (χ4n) is 3.53. The van der Waals surface area contributed by atoms with Crippen molar-refractivity contribution >= 4 is 0 Å². The summed E-state index contributed by atoms with van der Waals surface area (Å²) in [6.45, 7) is 0. The fourth-order valence-corrected chi connectivity index (χ4v) is 3.53. The summed E-state index contributed by atoms with van der Waals surface area (Å²) in [6.07, 6.45) is 9.03. The SMILES string of the molecule is OC1CCCC1NC1CCC[C@H]2C[C@@H]12. The van der Waals surface area contributed by atoms with Crippen molar-refractivity contribution in [3.8, 4) is 0 Å². The number of aliphatic hydroxyl groups excluding tert-OH is 1. The van der Waals surface area contributed by atoms with E-state index in [2.05, 4.69) is 5.32 Å². The molecule has 0 aromatic carbocycles. The van der Waals surface area contributed by atoms with Crippen LogP contribution in [-0.4, -0.2) is 23.3 Å². The van der Waals surface area contributed by atoms with Gasteiger partial charge in [0.05, 0.1) is 6.10 Å². The summed E-state index contributed by atoms with van der Waals surface area (Å²) >= 11 is 0. The molecule has 0 heterocycles. The zero-order valence-corrected chi connectivity index (χ0v) is 8.78. The van der Waals surface area contributed by atoms with Gasteiger partial charge in [-0.05, 0) is 43.9 Å². The molecule has 0 saturated heterocycles. The number of aliphatic hydroxyl groups is 1. The fraction of sp³-hybridized carbons (Fsp3) is 1.00. The highest BCUT2D eigenvalue weighted by atomic mass is 16.3. The summed E-state index contributed by atoms with van der Waals surface area (Å²) < 4.78 is 0. The van der Waals surface area contributed by atoms with Crippen LogP contribution in [0.15, 0.2) is 0 Å². The second-order valence-electron chi connectivity index (χ2n) is 5.47. The summed E-state index contributed by atoms with van der Waals surface area (Å²) in [7, 11) is 0. The quantitative estimate of drug-likeness (QED) is 0.702. The van der Waals surface area contributed by atoms with Gasteiger partial charge in [-0.2, -0.15) is 0 Å². The maximum Gasteiger partial charge on any atom is 0.0693 e. The van der Waals surface area contributed by atoms with Crippen LogP contribution in [-0.2, 0) is 0 Å². The highest BCUT2D eigenvalue weighted by Gasteiger charge is 2.46. The normalized spacial score (nSPS) is 51.6. The van der Waals surface area contributed by atoms with E-state index < -0.39 is 0 Å². The summed E-state index contributed by atoms with van der Waals surface area (Å²) in [5.74, 6) is 2.01. The largest absolute Gasteiger partial charge is 0.392 e. The molecule has 0 aliphatic heterocycles. The molecule has 0 bridgehead atoms. The van der Waals surface area contributed by atoms with Crippen molar-refractivity contribution in [1.29, 1.82) is 0 Å². The van der Waals surface area contributed by atoms with Crippen molar-refractivity contribution in [3.05, 3.63) is 0 Å². The molecular weight excluding hydrogens is 174 g/mol. The molecule has 3 fully saturated rings. The number of hydrogen-bond acceptors (Lipinski definition) is 2. The van der Waals surface area contributed by atoms with Crippen LogP contribution < -0.4 is 5.32 Å². The molecule has 2 N–H and O–H groups in total. The van der Waals surface area contributed by atoms with Crippen LogP contribution in [0.4, 0.5) is 0 Å². The van der Waals surface area contributed by atoms with E-state index >= 15 is 0 Å². The zero-order chi connectivity index (χ0) is 9.54. The third kappa shape index (κ3) is 1.59. The van der Waals surface area contributed by atoms with Crippen molar-refractivity contribution in [2.24, 2.45) is 11.8 Å². The molecule has 14 heavy (non-hydrogen) atoms. The van der Waals surface area contributed by atoms with Crippen molar-refractivity contribution < 1.29 is 5.11 Å². The van der Waals surface area contributed by atoms with Crippen molar-refractivity contribution in [2.45, 2.75) is 63.1 Å². The average molecular weight is 195 g/mol. The molecule has 2 nitrogen and oxygen atoms in total. The van der Waals surface area contributed by atoms with Gasteiger partial charge in [-0.3, -0.25) is 0 Å². The Kier molecular flexibility index (Phi) is 2.29. The Morgan fingerprint density at radius 3 is 2.50 bits per heavy atom. The molecule has 0 aromatic rings. The molecule has 2 heteroatoms. The molecule has 3 saturated carbocycles. The van der Waals surface area contributed by atoms with E-state index in [1.165, 1.54) is 38.5 Å². The van der Waals surface area contributed by atoms with Crippen LogP contribution in [0.25, 0.3) is 0 Å². The standard InChI is InChI=1S/C12H21NO/c14-12-6-2-5-11(12)13-10-4-1-3-8-7-9(8)10/h8-14H,1-7H2/t8-,9+,10?,11?,12?/m0/s1. The minimum atomic E-state index is -0.0610. The predicted molar refractivity (Wildman–Crippen MR) is 56.0 cm³/mol. The van der Waals surface area contributed by atoms with E-state index in [9.17, 15) is 5.11 Å². The molecule has 3 aliphatic rings. The number of hydrogen-bond donors (Lipinski definition) is 2. The van der Waals surface area contributed by atoms with Crippen LogP contribution in [0.1, 0.15) is 44.9 Å². The van der Waals surface area contributed by atoms with Gasteiger partial charge in [0.2, 0.25) is 0 Å². The van der Waals surface area contributed by atoms with Crippen LogP contribution in [0.5, 0.6) is 0 Å². The molecule has 0 radical (unpaired) electrons. The van der Waals surface area contributed by atoms with E-state index in [1.807, 2.05) is 0 Å². The molecule has 3 aliphatic carbocycles. The van der Waals surface area contributed by atoms with Crippen molar-refractivity contribution in [3.63, 3.8) is 0 Å². The van der Waals surface area contributed by atoms with Crippen LogP contribution in [0, 0.1) is 11.8 Å². The summed E-state index contributed by atoms with van der Waals surface area (Å²) in [5, 5.41) is 13.5. The smallest absolute Gasteiger partial charge is 0.0693 e. The maximum atomic E-state index is 9.76. The highest BCUT2D eigenvalue weighted by Crippen LogP contribution is 2.49. The lowest BCUT2D eigenvalue weighted by Crippen LogP contribution is -2.44. The second-order valence-corrected chi connectivity index (χ2v) is 5.47. The third-order valence-electron chi connectivity index (χ3n) is 4.49. The van der Waals surface area contributed by atoms with Crippen molar-refractivity contribution in [2.75, 3.05) is 0 Å². The van der Waals surface area contributed by atoms with E-state index in [-0.39, 0.29) is 6.10 Å². The van der Waals surface area contributed by atoms with Gasteiger partial charge in [0.1, 0.15) is 0 Å². The monoisotopic (exact) mass is 195 g/mol. The number of rotatable bonds is 2. The van der Waals surface area contributed by atoms with E-state index in [0.717, 1.165) is 24.3 Å². The Bertz CT molecular complexity index is 218. The van der Waals surface area contributed by atoms with E-state index in [1.54, 1.807) is 0 Å². The van der Waals surface area contributed by atoms with Crippen LogP contribution in [0.2, 0.25) is 0 Å². The summed E-state index contributed by atoms with van der Waals surface area (Å²) in [5.41, 5.74) is 0. The Labute approximate surface area is 86.1 Å². The average Bonchev–Trinajstić information content (AvgIpc) is 2.87. The van der Waals surface area contributed by atoms with Crippen LogP contribution >= 0.6 is 0 Å². The topological polar surface area (TPSA) is 32.3 Å². The van der Waals surface area contributed by atoms with Gasteiger partial charge in [-0.15, -0.1) is 0 Å². The minimum absolute atomic E-state index is 0.0610. The molecule has 3 unspecified atom stereocenters. The summed E-state index contributed by atoms with van der Waals surface area (Å²) in [6, 6.07) is 1.16. The van der Waals surface area contributed by atoms with Gasteiger partial charge < -0.3 is 10.4 Å². The van der Waals surface area contributed by atoms with Gasteiger partial charge >= 0.3 is 0 Å². The third-order valence-corrected chi connectivity index (χ3v) is 4.49. The predicted octanol–water partition coefficient (Wildman–Crippen LogP) is 1.68. The molecular formula is C12H21NO. The molecule has 5 atom stereocenters. The Morgan fingerprint density at radius 2 is 1.71 bits per heavy atom. The van der Waals surface area contributed by atoms with Crippen molar-refractivity contribution in [1.82, 2.24) is 5.32 Å². The maximum absolute atomic E-state index is 9.76. The number of fused-ring (bicyclic) bond motifs is 1. The first-order valence-corrected chi connectivity index (χ1v) is 6.29. The van der Waals surface area contributed by atoms with Gasteiger partial charge in [0, 0.05) is 12.1 Å². The summed E-state index contributed by atoms with van der Waals surface area (Å²) in [4.78, 5) is 0. The molecule has 0 aromatic heterocycles. The Hall–Kier alpha value is -0.0800.